The lowest BCUT2D eigenvalue weighted by molar-refractivity contribution is -0.137. The van der Waals surface area contributed by atoms with E-state index in [1.165, 1.54) is 50.2 Å². The first-order valence-corrected chi connectivity index (χ1v) is 11.7. The average molecular weight is 577 g/mol. The van der Waals surface area contributed by atoms with E-state index >= 15 is 0 Å². The molecule has 0 spiro atoms. The first kappa shape index (κ1) is 27.9. The van der Waals surface area contributed by atoms with E-state index < -0.39 is 29.0 Å². The molecule has 2 atom stereocenters. The van der Waals surface area contributed by atoms with Crippen LogP contribution in [0.1, 0.15) is 25.0 Å². The van der Waals surface area contributed by atoms with Gasteiger partial charge in [0, 0.05) is 16.1 Å². The Kier molecular flexibility index (Phi) is 8.37. The minimum Gasteiger partial charge on any atom is -0.481 e. The lowest BCUT2D eigenvalue weighted by Crippen LogP contribution is -2.41. The van der Waals surface area contributed by atoms with E-state index in [1.54, 1.807) is 0 Å². The van der Waals surface area contributed by atoms with E-state index in [1.807, 2.05) is 6.07 Å². The summed E-state index contributed by atoms with van der Waals surface area (Å²) >= 11 is 24.3. The van der Waals surface area contributed by atoms with Gasteiger partial charge >= 0.3 is 6.18 Å². The van der Waals surface area contributed by atoms with Crippen molar-refractivity contribution in [1.29, 1.82) is 5.26 Å². The quantitative estimate of drug-likeness (QED) is 0.282. The van der Waals surface area contributed by atoms with Crippen molar-refractivity contribution in [2.45, 2.75) is 31.5 Å². The molecule has 0 saturated carbocycles. The first-order chi connectivity index (χ1) is 16.8. The van der Waals surface area contributed by atoms with E-state index in [2.05, 4.69) is 0 Å². The summed E-state index contributed by atoms with van der Waals surface area (Å²) in [6.07, 6.45) is -5.70. The van der Waals surface area contributed by atoms with Crippen LogP contribution in [0.15, 0.2) is 54.6 Å². The smallest absolute Gasteiger partial charge is 0.416 e. The van der Waals surface area contributed by atoms with Crippen molar-refractivity contribution in [2.75, 3.05) is 0 Å². The number of rotatable bonds is 7. The van der Waals surface area contributed by atoms with Gasteiger partial charge in [-0.3, -0.25) is 4.79 Å². The van der Waals surface area contributed by atoms with E-state index in [-0.39, 0.29) is 37.9 Å². The molecule has 0 heterocycles. The Morgan fingerprint density at radius 1 is 0.917 bits per heavy atom. The number of nitriles is 1. The molecule has 0 aliphatic carbocycles. The number of hydrogen-bond acceptors (Lipinski definition) is 4. The van der Waals surface area contributed by atoms with Crippen LogP contribution >= 0.6 is 46.4 Å². The summed E-state index contributed by atoms with van der Waals surface area (Å²) in [6, 6.07) is 13.3. The van der Waals surface area contributed by atoms with Gasteiger partial charge in [-0.2, -0.15) is 18.4 Å². The van der Waals surface area contributed by atoms with Gasteiger partial charge in [0.25, 0.3) is 0 Å². The number of benzene rings is 3. The molecule has 0 saturated heterocycles. The summed E-state index contributed by atoms with van der Waals surface area (Å²) in [5.74, 6) is -0.445. The minimum atomic E-state index is -4.56. The van der Waals surface area contributed by atoms with Crippen molar-refractivity contribution in [2.24, 2.45) is 0 Å². The van der Waals surface area contributed by atoms with Crippen LogP contribution in [0.25, 0.3) is 0 Å². The van der Waals surface area contributed by atoms with Gasteiger partial charge in [0.2, 0.25) is 0 Å². The summed E-state index contributed by atoms with van der Waals surface area (Å²) in [6.45, 7) is 2.86. The number of ketones is 1. The van der Waals surface area contributed by atoms with Crippen molar-refractivity contribution >= 4 is 52.2 Å². The molecule has 3 aromatic carbocycles. The lowest BCUT2D eigenvalue weighted by Gasteiger charge is -2.26. The van der Waals surface area contributed by atoms with E-state index in [0.29, 0.717) is 5.02 Å². The molecule has 188 valence electrons. The second-order valence-electron chi connectivity index (χ2n) is 7.82. The van der Waals surface area contributed by atoms with Crippen LogP contribution in [0.2, 0.25) is 20.1 Å². The zero-order chi connectivity index (χ0) is 26.8. The molecule has 0 radical (unpaired) electrons. The first-order valence-electron chi connectivity index (χ1n) is 10.2. The molecule has 0 bridgehead atoms. The zero-order valence-electron chi connectivity index (χ0n) is 18.6. The molecule has 0 amide bonds. The fourth-order valence-corrected chi connectivity index (χ4v) is 4.30. The molecule has 0 aromatic heterocycles. The van der Waals surface area contributed by atoms with Crippen LogP contribution in [0.5, 0.6) is 17.2 Å². The number of hydrogen-bond donors (Lipinski definition) is 0. The Balaban J connectivity index is 1.84. The number of nitrogens with zero attached hydrogens (tertiary/aromatic N) is 1. The maximum atomic E-state index is 13.3. The third kappa shape index (κ3) is 6.01. The fraction of sp³-hybridized carbons (Fsp3) is 0.200. The van der Waals surface area contributed by atoms with Crippen molar-refractivity contribution in [1.82, 2.24) is 0 Å². The summed E-state index contributed by atoms with van der Waals surface area (Å²) in [5, 5.41) is 10.2. The summed E-state index contributed by atoms with van der Waals surface area (Å²) < 4.78 is 50.0. The number of halogens is 7. The molecule has 4 nitrogen and oxygen atoms in total. The monoisotopic (exact) mass is 575 g/mol. The molecular weight excluding hydrogens is 561 g/mol. The molecule has 0 aliphatic heterocycles. The van der Waals surface area contributed by atoms with Gasteiger partial charge in [-0.05, 0) is 61.9 Å². The summed E-state index contributed by atoms with van der Waals surface area (Å²) in [5.41, 5.74) is -2.32. The van der Waals surface area contributed by atoms with E-state index in [9.17, 15) is 23.2 Å². The van der Waals surface area contributed by atoms with Crippen LogP contribution < -0.4 is 9.47 Å². The van der Waals surface area contributed by atoms with Crippen molar-refractivity contribution in [3.63, 3.8) is 0 Å². The van der Waals surface area contributed by atoms with Crippen LogP contribution in [-0.2, 0) is 16.4 Å². The molecule has 3 aromatic rings. The normalized spacial score (nSPS) is 13.9. The highest BCUT2D eigenvalue weighted by molar-refractivity contribution is 6.35. The number of alkyl halides is 3. The van der Waals surface area contributed by atoms with Crippen LogP contribution in [0.4, 0.5) is 13.2 Å². The highest BCUT2D eigenvalue weighted by atomic mass is 35.5. The second-order valence-corrected chi connectivity index (χ2v) is 9.48. The number of ether oxygens (including phenoxy) is 2. The Labute approximate surface area is 225 Å². The Morgan fingerprint density at radius 3 is 2.19 bits per heavy atom. The standard InChI is InChI=1S/C25H16Cl4F3NO3/c1-13(23(34)24(2,12-33)17-6-4-15(26)10-19(17)28)35-22-11-16(5-7-18(22)27)36-21-8-3-14(9-20(21)29)25(30,31)32/h3-11,13H,1-2H3. The minimum absolute atomic E-state index is 0.0310. The van der Waals surface area contributed by atoms with Gasteiger partial charge in [-0.25, -0.2) is 0 Å². The van der Waals surface area contributed by atoms with Gasteiger partial charge in [-0.15, -0.1) is 0 Å². The summed E-state index contributed by atoms with van der Waals surface area (Å²) in [7, 11) is 0. The number of Topliss-reactive ketones (excluding diaryl/α,β-unsaturated/α-hetero) is 1. The van der Waals surface area contributed by atoms with Crippen LogP contribution in [-0.4, -0.2) is 11.9 Å². The predicted octanol–water partition coefficient (Wildman–Crippen LogP) is 8.93. The molecule has 0 N–H and O–H groups in total. The van der Waals surface area contributed by atoms with Gasteiger partial charge in [0.05, 0.1) is 21.7 Å². The molecule has 2 unspecified atom stereocenters. The van der Waals surface area contributed by atoms with Crippen molar-refractivity contribution in [3.8, 4) is 23.3 Å². The van der Waals surface area contributed by atoms with Crippen molar-refractivity contribution < 1.29 is 27.4 Å². The molecular formula is C25H16Cl4F3NO3. The number of carbonyl (C=O) groups is 1. The van der Waals surface area contributed by atoms with Gasteiger partial charge < -0.3 is 9.47 Å². The van der Waals surface area contributed by atoms with Crippen LogP contribution in [0.3, 0.4) is 0 Å². The van der Waals surface area contributed by atoms with E-state index in [0.717, 1.165) is 18.2 Å². The lowest BCUT2D eigenvalue weighted by atomic mass is 9.78. The molecule has 11 heteroatoms. The van der Waals surface area contributed by atoms with Gasteiger partial charge in [-0.1, -0.05) is 52.5 Å². The second kappa shape index (κ2) is 10.8. The fourth-order valence-electron chi connectivity index (χ4n) is 3.32. The topological polar surface area (TPSA) is 59.3 Å². The zero-order valence-corrected chi connectivity index (χ0v) is 21.6. The van der Waals surface area contributed by atoms with Crippen molar-refractivity contribution in [3.05, 3.63) is 85.8 Å². The highest BCUT2D eigenvalue weighted by Crippen LogP contribution is 2.39. The number of carbonyl (C=O) groups excluding carboxylic acids is 1. The SMILES string of the molecule is CC(Oc1cc(Oc2ccc(C(F)(F)F)cc2Cl)ccc1Cl)C(=O)C(C)(C#N)c1ccc(Cl)cc1Cl. The molecule has 0 fully saturated rings. The van der Waals surface area contributed by atoms with E-state index in [4.69, 9.17) is 55.9 Å². The maximum absolute atomic E-state index is 13.3. The predicted molar refractivity (Wildman–Crippen MR) is 133 cm³/mol. The third-order valence-corrected chi connectivity index (χ3v) is 6.40. The third-order valence-electron chi connectivity index (χ3n) is 5.25. The largest absolute Gasteiger partial charge is 0.481 e. The Hall–Kier alpha value is -2.63. The van der Waals surface area contributed by atoms with Gasteiger partial charge in [0.15, 0.2) is 11.9 Å². The van der Waals surface area contributed by atoms with Gasteiger partial charge in [0.1, 0.15) is 22.7 Å². The molecule has 3 rings (SSSR count). The van der Waals surface area contributed by atoms with Crippen LogP contribution in [0, 0.1) is 11.3 Å². The summed E-state index contributed by atoms with van der Waals surface area (Å²) in [4.78, 5) is 13.3. The Morgan fingerprint density at radius 2 is 1.61 bits per heavy atom. The molecule has 36 heavy (non-hydrogen) atoms. The Bertz CT molecular complexity index is 1360. The molecule has 0 aliphatic rings. The highest BCUT2D eigenvalue weighted by Gasteiger charge is 2.41. The maximum Gasteiger partial charge on any atom is 0.416 e. The average Bonchev–Trinajstić information content (AvgIpc) is 2.80.